The minimum atomic E-state index is -0.509. The highest BCUT2D eigenvalue weighted by Crippen LogP contribution is 1.97. The van der Waals surface area contributed by atoms with E-state index in [1.165, 1.54) is 4.90 Å². The van der Waals surface area contributed by atoms with Gasteiger partial charge in [-0.25, -0.2) is 4.90 Å². The maximum atomic E-state index is 9.77. The van der Waals surface area contributed by atoms with Gasteiger partial charge in [0.25, 0.3) is 0 Å². The third kappa shape index (κ3) is 3.37. The summed E-state index contributed by atoms with van der Waals surface area (Å²) < 4.78 is 0. The van der Waals surface area contributed by atoms with Gasteiger partial charge in [-0.3, -0.25) is 0 Å². The predicted octanol–water partition coefficient (Wildman–Crippen LogP) is 0.648. The Kier molecular flexibility index (Phi) is 4.77. The molecule has 0 N–H and O–H groups in total. The second-order valence-corrected chi connectivity index (χ2v) is 1.93. The maximum absolute atomic E-state index is 9.77. The number of nitroso groups, excluding NO2 is 2. The number of hydrogen-bond donors (Lipinski definition) is 0. The maximum Gasteiger partial charge on any atom is 0.136 e. The van der Waals surface area contributed by atoms with E-state index in [2.05, 4.69) is 10.4 Å². The molecule has 0 saturated heterocycles. The second kappa shape index (κ2) is 5.44. The van der Waals surface area contributed by atoms with Gasteiger partial charge in [0.2, 0.25) is 0 Å². The van der Waals surface area contributed by atoms with Gasteiger partial charge in [-0.05, 0) is 6.92 Å². The summed E-state index contributed by atoms with van der Waals surface area (Å²) in [5.41, 5.74) is 0. The highest BCUT2D eigenvalue weighted by Gasteiger charge is 2.12. The van der Waals surface area contributed by atoms with Crippen LogP contribution in [-0.2, 0) is 0 Å². The third-order valence-electron chi connectivity index (χ3n) is 1.21. The van der Waals surface area contributed by atoms with E-state index in [9.17, 15) is 9.81 Å². The lowest BCUT2D eigenvalue weighted by Crippen LogP contribution is -2.31. The fourth-order valence-corrected chi connectivity index (χ4v) is 0.520. The van der Waals surface area contributed by atoms with E-state index in [1.807, 2.05) is 6.07 Å². The van der Waals surface area contributed by atoms with E-state index in [4.69, 9.17) is 5.26 Å². The van der Waals surface area contributed by atoms with Crippen molar-refractivity contribution >= 4 is 0 Å². The van der Waals surface area contributed by atoms with E-state index >= 15 is 0 Å². The van der Waals surface area contributed by atoms with E-state index in [-0.39, 0.29) is 13.3 Å². The summed E-state index contributed by atoms with van der Waals surface area (Å²) in [4.78, 5) is 20.8. The van der Waals surface area contributed by atoms with E-state index < -0.39 is 6.04 Å². The normalized spacial score (nSPS) is 12.1. The first-order chi connectivity index (χ1) is 5.26. The first-order valence-electron chi connectivity index (χ1n) is 2.98. The van der Waals surface area contributed by atoms with E-state index in [0.717, 1.165) is 0 Å². The molecule has 0 aromatic rings. The van der Waals surface area contributed by atoms with Crippen LogP contribution < -0.4 is 0 Å². The van der Waals surface area contributed by atoms with Crippen LogP contribution in [-0.4, -0.2) is 24.3 Å². The van der Waals surface area contributed by atoms with Crippen LogP contribution in [0, 0.1) is 21.1 Å². The summed E-state index contributed by atoms with van der Waals surface area (Å²) in [6, 6.07) is 1.35. The van der Waals surface area contributed by atoms with Gasteiger partial charge < -0.3 is 0 Å². The Morgan fingerprint density at radius 3 is 2.18 bits per heavy atom. The molecule has 11 heavy (non-hydrogen) atoms. The molecule has 0 bridgehead atoms. The quantitative estimate of drug-likeness (QED) is 0.547. The Morgan fingerprint density at radius 2 is 1.91 bits per heavy atom. The van der Waals surface area contributed by atoms with Crippen molar-refractivity contribution in [3.63, 3.8) is 0 Å². The smallest absolute Gasteiger partial charge is 0.136 e. The van der Waals surface area contributed by atoms with Crippen LogP contribution in [0.5, 0.6) is 0 Å². The number of nitrogens with zero attached hydrogens (tertiary/aromatic N) is 4. The summed E-state index contributed by atoms with van der Waals surface area (Å²) >= 11 is 0. The minimum Gasteiger partial charge on any atom is -0.243 e. The third-order valence-corrected chi connectivity index (χ3v) is 1.21. The Balaban J connectivity index is 3.98. The standard InChI is InChI=1S/C5H8N4O2/c1-5(2-6)9(3-7-10)4-8-11/h5H,3-4H2,1H3. The zero-order chi connectivity index (χ0) is 8.69. The van der Waals surface area contributed by atoms with Crippen LogP contribution >= 0.6 is 0 Å². The fourth-order valence-electron chi connectivity index (χ4n) is 0.520. The summed E-state index contributed by atoms with van der Waals surface area (Å²) in [6.45, 7) is 1.21. The predicted molar refractivity (Wildman–Crippen MR) is 38.2 cm³/mol. The van der Waals surface area contributed by atoms with E-state index in [0.29, 0.717) is 0 Å². The lowest BCUT2D eigenvalue weighted by atomic mass is 10.3. The molecule has 0 aliphatic rings. The summed E-state index contributed by atoms with van der Waals surface area (Å²) in [7, 11) is 0. The molecule has 0 spiro atoms. The van der Waals surface area contributed by atoms with Crippen molar-refractivity contribution in [3.8, 4) is 6.07 Å². The zero-order valence-corrected chi connectivity index (χ0v) is 6.10. The summed E-state index contributed by atoms with van der Waals surface area (Å²) in [5.74, 6) is 0. The van der Waals surface area contributed by atoms with Crippen LogP contribution in [0.15, 0.2) is 10.4 Å². The average Bonchev–Trinajstić information content (AvgIpc) is 2.03. The Bertz CT molecular complexity index is 166. The molecule has 6 nitrogen and oxygen atoms in total. The van der Waals surface area contributed by atoms with Gasteiger partial charge in [0.05, 0.1) is 12.1 Å². The summed E-state index contributed by atoms with van der Waals surface area (Å²) in [6.07, 6.45) is 0. The highest BCUT2D eigenvalue weighted by atomic mass is 16.3. The monoisotopic (exact) mass is 156 g/mol. The molecule has 0 rings (SSSR count). The number of rotatable bonds is 5. The van der Waals surface area contributed by atoms with Gasteiger partial charge in [0.15, 0.2) is 0 Å². The molecule has 0 aliphatic heterocycles. The molecule has 0 amide bonds. The van der Waals surface area contributed by atoms with Crippen molar-refractivity contribution in [1.29, 1.82) is 5.26 Å². The van der Waals surface area contributed by atoms with Crippen molar-refractivity contribution in [2.24, 2.45) is 10.4 Å². The molecule has 1 atom stereocenters. The van der Waals surface area contributed by atoms with Crippen molar-refractivity contribution in [1.82, 2.24) is 4.90 Å². The van der Waals surface area contributed by atoms with Crippen molar-refractivity contribution in [2.45, 2.75) is 13.0 Å². The topological polar surface area (TPSA) is 85.9 Å². The van der Waals surface area contributed by atoms with Crippen LogP contribution in [0.4, 0.5) is 0 Å². The van der Waals surface area contributed by atoms with Crippen molar-refractivity contribution in [3.05, 3.63) is 9.81 Å². The molecule has 0 aliphatic carbocycles. The minimum absolute atomic E-state index is 0.180. The molecule has 0 fully saturated rings. The number of nitriles is 1. The van der Waals surface area contributed by atoms with Gasteiger partial charge in [0, 0.05) is 0 Å². The van der Waals surface area contributed by atoms with Crippen LogP contribution in [0.25, 0.3) is 0 Å². The second-order valence-electron chi connectivity index (χ2n) is 1.93. The van der Waals surface area contributed by atoms with Crippen molar-refractivity contribution in [2.75, 3.05) is 13.3 Å². The SMILES string of the molecule is CC(C#N)N(CN=O)CN=O. The highest BCUT2D eigenvalue weighted by molar-refractivity contribution is 4.87. The molecule has 0 heterocycles. The first kappa shape index (κ1) is 9.65. The van der Waals surface area contributed by atoms with Gasteiger partial charge in [-0.1, -0.05) is 10.4 Å². The zero-order valence-electron chi connectivity index (χ0n) is 6.10. The molecule has 60 valence electrons. The summed E-state index contributed by atoms with van der Waals surface area (Å²) in [5, 5.41) is 13.5. The van der Waals surface area contributed by atoms with Crippen LogP contribution in [0.3, 0.4) is 0 Å². The number of hydrogen-bond acceptors (Lipinski definition) is 6. The molecule has 0 saturated carbocycles. The van der Waals surface area contributed by atoms with Crippen LogP contribution in [0.1, 0.15) is 6.92 Å². The van der Waals surface area contributed by atoms with Crippen molar-refractivity contribution < 1.29 is 0 Å². The van der Waals surface area contributed by atoms with Gasteiger partial charge in [-0.2, -0.15) is 5.26 Å². The fraction of sp³-hybridized carbons (Fsp3) is 0.800. The van der Waals surface area contributed by atoms with Crippen LogP contribution in [0.2, 0.25) is 0 Å². The first-order valence-corrected chi connectivity index (χ1v) is 2.98. The van der Waals surface area contributed by atoms with E-state index in [1.54, 1.807) is 6.92 Å². The molecule has 0 aromatic heterocycles. The Labute approximate surface area is 63.7 Å². The van der Waals surface area contributed by atoms with Gasteiger partial charge >= 0.3 is 0 Å². The largest absolute Gasteiger partial charge is 0.243 e. The lowest BCUT2D eigenvalue weighted by molar-refractivity contribution is 0.260. The molecule has 0 aromatic carbocycles. The Hall–Kier alpha value is -1.35. The molecular formula is C5H8N4O2. The average molecular weight is 156 g/mol. The molecular weight excluding hydrogens is 148 g/mol. The van der Waals surface area contributed by atoms with Gasteiger partial charge in [-0.15, -0.1) is 9.81 Å². The molecule has 0 radical (unpaired) electrons. The molecule has 6 heteroatoms. The Morgan fingerprint density at radius 1 is 1.45 bits per heavy atom. The molecule has 1 unspecified atom stereocenters. The lowest BCUT2D eigenvalue weighted by Gasteiger charge is -2.15. The van der Waals surface area contributed by atoms with Gasteiger partial charge in [0.1, 0.15) is 13.3 Å².